The van der Waals surface area contributed by atoms with Gasteiger partial charge in [-0.1, -0.05) is 0 Å². The summed E-state index contributed by atoms with van der Waals surface area (Å²) in [7, 11) is 0. The molecule has 1 aromatic rings. The molecule has 1 aromatic carbocycles. The van der Waals surface area contributed by atoms with Gasteiger partial charge in [0.25, 0.3) is 0 Å². The van der Waals surface area contributed by atoms with Crippen molar-refractivity contribution in [1.29, 1.82) is 5.26 Å². The zero-order valence-electron chi connectivity index (χ0n) is 9.08. The maximum atomic E-state index is 12.8. The largest absolute Gasteiger partial charge is 0.466 e. The smallest absolute Gasteiger partial charge is 0.313 e. The fourth-order valence-electron chi connectivity index (χ4n) is 1.33. The van der Waals surface area contributed by atoms with Gasteiger partial charge in [-0.25, -0.2) is 4.39 Å². The first kappa shape index (κ1) is 12.2. The molecule has 3 nitrogen and oxygen atoms in total. The van der Waals surface area contributed by atoms with E-state index in [4.69, 9.17) is 10.00 Å². The number of halogens is 1. The first-order chi connectivity index (χ1) is 7.60. The molecular formula is C12H11FNO2. The summed E-state index contributed by atoms with van der Waals surface area (Å²) in [5, 5.41) is 8.82. The molecular weight excluding hydrogens is 209 g/mol. The van der Waals surface area contributed by atoms with Crippen molar-refractivity contribution in [1.82, 2.24) is 0 Å². The molecule has 1 unspecified atom stereocenters. The van der Waals surface area contributed by atoms with Crippen LogP contribution in [0.3, 0.4) is 0 Å². The van der Waals surface area contributed by atoms with Crippen LogP contribution in [0, 0.1) is 23.2 Å². The summed E-state index contributed by atoms with van der Waals surface area (Å²) in [6, 6.07) is 6.55. The van der Waals surface area contributed by atoms with Crippen LogP contribution < -0.4 is 0 Å². The SMILES string of the molecule is CCOC(=O)C(C)c1c[c]c(F)cc1C#N. The fraction of sp³-hybridized carbons (Fsp3) is 0.333. The van der Waals surface area contributed by atoms with Gasteiger partial charge in [0.2, 0.25) is 0 Å². The Morgan fingerprint density at radius 3 is 3.00 bits per heavy atom. The molecule has 0 saturated heterocycles. The van der Waals surface area contributed by atoms with Crippen molar-refractivity contribution in [3.05, 3.63) is 35.1 Å². The maximum Gasteiger partial charge on any atom is 0.313 e. The predicted molar refractivity (Wildman–Crippen MR) is 55.0 cm³/mol. The van der Waals surface area contributed by atoms with Crippen LogP contribution in [-0.4, -0.2) is 12.6 Å². The van der Waals surface area contributed by atoms with Crippen molar-refractivity contribution in [2.45, 2.75) is 19.8 Å². The number of hydrogen-bond acceptors (Lipinski definition) is 3. The summed E-state index contributed by atoms with van der Waals surface area (Å²) in [6.45, 7) is 3.59. The molecule has 0 aliphatic rings. The average molecular weight is 220 g/mol. The van der Waals surface area contributed by atoms with Gasteiger partial charge in [0.15, 0.2) is 0 Å². The third-order valence-corrected chi connectivity index (χ3v) is 2.17. The standard InChI is InChI=1S/C12H11FNO2/c1-3-16-12(15)8(2)11-5-4-10(13)6-9(11)7-14/h5-6,8H,3H2,1-2H3. The summed E-state index contributed by atoms with van der Waals surface area (Å²) in [4.78, 5) is 11.5. The molecule has 4 heteroatoms. The van der Waals surface area contributed by atoms with E-state index in [-0.39, 0.29) is 12.2 Å². The zero-order chi connectivity index (χ0) is 12.1. The molecule has 0 fully saturated rings. The molecule has 1 rings (SSSR count). The molecule has 0 aliphatic carbocycles. The summed E-state index contributed by atoms with van der Waals surface area (Å²) < 4.78 is 17.7. The Morgan fingerprint density at radius 2 is 2.44 bits per heavy atom. The van der Waals surface area contributed by atoms with Crippen molar-refractivity contribution in [3.63, 3.8) is 0 Å². The Kier molecular flexibility index (Phi) is 4.01. The second-order valence-corrected chi connectivity index (χ2v) is 3.24. The number of nitriles is 1. The second-order valence-electron chi connectivity index (χ2n) is 3.24. The highest BCUT2D eigenvalue weighted by molar-refractivity contribution is 5.78. The van der Waals surface area contributed by atoms with Crippen LogP contribution in [0.25, 0.3) is 0 Å². The molecule has 16 heavy (non-hydrogen) atoms. The monoisotopic (exact) mass is 220 g/mol. The lowest BCUT2D eigenvalue weighted by molar-refractivity contribution is -0.144. The van der Waals surface area contributed by atoms with Crippen LogP contribution in [0.15, 0.2) is 12.1 Å². The molecule has 0 heterocycles. The highest BCUT2D eigenvalue weighted by Gasteiger charge is 2.19. The molecule has 83 valence electrons. The van der Waals surface area contributed by atoms with Crippen molar-refractivity contribution < 1.29 is 13.9 Å². The summed E-state index contributed by atoms with van der Waals surface area (Å²) in [5.74, 6) is -1.64. The predicted octanol–water partition coefficient (Wildman–Crippen LogP) is 2.16. The normalized spacial score (nSPS) is 11.6. The highest BCUT2D eigenvalue weighted by atomic mass is 19.1. The number of benzene rings is 1. The molecule has 0 bridgehead atoms. The van der Waals surface area contributed by atoms with E-state index in [1.807, 2.05) is 6.07 Å². The van der Waals surface area contributed by atoms with E-state index in [2.05, 4.69) is 6.07 Å². The number of hydrogen-bond donors (Lipinski definition) is 0. The molecule has 1 radical (unpaired) electrons. The number of nitrogens with zero attached hydrogens (tertiary/aromatic N) is 1. The average Bonchev–Trinajstić information content (AvgIpc) is 2.28. The lowest BCUT2D eigenvalue weighted by Crippen LogP contribution is -2.14. The van der Waals surface area contributed by atoms with E-state index in [1.165, 1.54) is 6.07 Å². The number of rotatable bonds is 3. The zero-order valence-corrected chi connectivity index (χ0v) is 9.08. The van der Waals surface area contributed by atoms with Gasteiger partial charge in [-0.3, -0.25) is 4.79 Å². The summed E-state index contributed by atoms with van der Waals surface area (Å²) in [5.41, 5.74) is 0.569. The maximum absolute atomic E-state index is 12.8. The molecule has 0 aliphatic heterocycles. The van der Waals surface area contributed by atoms with Gasteiger partial charge in [0.1, 0.15) is 5.82 Å². The van der Waals surface area contributed by atoms with Gasteiger partial charge in [-0.2, -0.15) is 5.26 Å². The van der Waals surface area contributed by atoms with Crippen molar-refractivity contribution in [2.75, 3.05) is 6.61 Å². The first-order valence-electron chi connectivity index (χ1n) is 4.88. The van der Waals surface area contributed by atoms with Crippen LogP contribution in [-0.2, 0) is 9.53 Å². The van der Waals surface area contributed by atoms with Crippen LogP contribution >= 0.6 is 0 Å². The number of ether oxygens (including phenoxy) is 1. The first-order valence-corrected chi connectivity index (χ1v) is 4.88. The van der Waals surface area contributed by atoms with Gasteiger partial charge >= 0.3 is 5.97 Å². The topological polar surface area (TPSA) is 50.1 Å². The van der Waals surface area contributed by atoms with E-state index in [0.717, 1.165) is 6.07 Å². The van der Waals surface area contributed by atoms with E-state index in [1.54, 1.807) is 13.8 Å². The van der Waals surface area contributed by atoms with Crippen LogP contribution in [0.2, 0.25) is 0 Å². The van der Waals surface area contributed by atoms with Crippen molar-refractivity contribution in [3.8, 4) is 6.07 Å². The van der Waals surface area contributed by atoms with Crippen LogP contribution in [0.4, 0.5) is 4.39 Å². The molecule has 0 amide bonds. The van der Waals surface area contributed by atoms with Crippen LogP contribution in [0.1, 0.15) is 30.9 Å². The van der Waals surface area contributed by atoms with Crippen LogP contribution in [0.5, 0.6) is 0 Å². The minimum atomic E-state index is -0.614. The van der Waals surface area contributed by atoms with Gasteiger partial charge in [0, 0.05) is 6.07 Å². The molecule has 0 saturated carbocycles. The summed E-state index contributed by atoms with van der Waals surface area (Å²) >= 11 is 0. The van der Waals surface area contributed by atoms with Gasteiger partial charge in [-0.05, 0) is 31.5 Å². The molecule has 0 N–H and O–H groups in total. The Balaban J connectivity index is 3.04. The second kappa shape index (κ2) is 5.26. The van der Waals surface area contributed by atoms with Gasteiger partial charge in [0.05, 0.1) is 24.2 Å². The third kappa shape index (κ3) is 2.57. The van der Waals surface area contributed by atoms with Gasteiger partial charge in [-0.15, -0.1) is 0 Å². The molecule has 0 spiro atoms. The van der Waals surface area contributed by atoms with Gasteiger partial charge < -0.3 is 4.74 Å². The fourth-order valence-corrected chi connectivity index (χ4v) is 1.33. The Morgan fingerprint density at radius 1 is 1.75 bits per heavy atom. The number of carbonyl (C=O) groups is 1. The van der Waals surface area contributed by atoms with Crippen molar-refractivity contribution >= 4 is 5.97 Å². The number of carbonyl (C=O) groups excluding carboxylic acids is 1. The lowest BCUT2D eigenvalue weighted by Gasteiger charge is -2.11. The Labute approximate surface area is 93.5 Å². The minimum Gasteiger partial charge on any atom is -0.466 e. The number of esters is 1. The van der Waals surface area contributed by atoms with E-state index < -0.39 is 17.7 Å². The Hall–Kier alpha value is -1.89. The highest BCUT2D eigenvalue weighted by Crippen LogP contribution is 2.21. The van der Waals surface area contributed by atoms with E-state index in [9.17, 15) is 9.18 Å². The minimum absolute atomic E-state index is 0.136. The molecule has 1 atom stereocenters. The summed E-state index contributed by atoms with van der Waals surface area (Å²) in [6.07, 6.45) is 0. The lowest BCUT2D eigenvalue weighted by atomic mass is 9.96. The van der Waals surface area contributed by atoms with E-state index in [0.29, 0.717) is 5.56 Å². The van der Waals surface area contributed by atoms with E-state index >= 15 is 0 Å². The quantitative estimate of drug-likeness (QED) is 0.733. The Bertz CT molecular complexity index is 437. The third-order valence-electron chi connectivity index (χ3n) is 2.17. The molecule has 0 aromatic heterocycles. The van der Waals surface area contributed by atoms with Crippen molar-refractivity contribution in [2.24, 2.45) is 0 Å².